The minimum atomic E-state index is 0.481. The van der Waals surface area contributed by atoms with Gasteiger partial charge in [0.2, 0.25) is 0 Å². The van der Waals surface area contributed by atoms with Crippen LogP contribution in [0.15, 0.2) is 0 Å². The summed E-state index contributed by atoms with van der Waals surface area (Å²) in [6.45, 7) is 9.23. The van der Waals surface area contributed by atoms with Gasteiger partial charge < -0.3 is 0 Å². The minimum Gasteiger partial charge on any atom is -0.0939 e. The topological polar surface area (TPSA) is 0 Å². The lowest BCUT2D eigenvalue weighted by atomic mass is 10.0. The van der Waals surface area contributed by atoms with Crippen molar-refractivity contribution in [1.82, 2.24) is 0 Å². The molecule has 0 radical (unpaired) electrons. The summed E-state index contributed by atoms with van der Waals surface area (Å²) in [5.41, 5.74) is 0. The fraction of sp³-hybridized carbons (Fsp3) is 1.00. The molecule has 0 unspecified atom stereocenters. The summed E-state index contributed by atoms with van der Waals surface area (Å²) in [7, 11) is 4.05. The average molecular weight is 220 g/mol. The zero-order valence-corrected chi connectivity index (χ0v) is 11.2. The maximum Gasteiger partial charge on any atom is 0.0207 e. The minimum absolute atomic E-state index is 0.481. The Morgan fingerprint density at radius 2 is 1.69 bits per heavy atom. The lowest BCUT2D eigenvalue weighted by molar-refractivity contribution is 0.561. The van der Waals surface area contributed by atoms with E-state index < -0.39 is 0 Å². The van der Waals surface area contributed by atoms with Crippen LogP contribution < -0.4 is 0 Å². The number of hydrogen-bond donors (Lipinski definition) is 0. The van der Waals surface area contributed by atoms with E-state index in [2.05, 4.69) is 38.5 Å². The van der Waals surface area contributed by atoms with Crippen LogP contribution in [0.3, 0.4) is 0 Å². The molecule has 0 heterocycles. The molecular weight excluding hydrogens is 196 g/mol. The Balaban J connectivity index is 3.39. The third-order valence-corrected chi connectivity index (χ3v) is 5.46. The van der Waals surface area contributed by atoms with Gasteiger partial charge in [0, 0.05) is 10.5 Å². The van der Waals surface area contributed by atoms with E-state index in [1.165, 1.54) is 37.9 Å². The van der Waals surface area contributed by atoms with E-state index in [0.29, 0.717) is 4.75 Å². The summed E-state index contributed by atoms with van der Waals surface area (Å²) in [6, 6.07) is 0. The molecule has 0 spiro atoms. The molecule has 0 aromatic heterocycles. The van der Waals surface area contributed by atoms with Gasteiger partial charge in [0.1, 0.15) is 0 Å². The van der Waals surface area contributed by atoms with Gasteiger partial charge in [-0.3, -0.25) is 0 Å². The van der Waals surface area contributed by atoms with E-state index in [1.807, 2.05) is 10.8 Å². The molecule has 0 aliphatic carbocycles. The summed E-state index contributed by atoms with van der Waals surface area (Å²) in [6.07, 6.45) is 6.93. The normalized spacial score (nSPS) is 12.0. The van der Waals surface area contributed by atoms with Crippen LogP contribution in [0.1, 0.15) is 59.8 Å². The first-order valence-electron chi connectivity index (χ1n) is 5.43. The number of rotatable bonds is 8. The third-order valence-electron chi connectivity index (χ3n) is 2.03. The van der Waals surface area contributed by atoms with E-state index in [9.17, 15) is 0 Å². The van der Waals surface area contributed by atoms with Gasteiger partial charge in [-0.2, -0.15) is 0 Å². The first kappa shape index (κ1) is 13.7. The molecular formula is C11H24S2. The molecule has 0 aromatic rings. The van der Waals surface area contributed by atoms with Gasteiger partial charge in [-0.15, -0.1) is 0 Å². The van der Waals surface area contributed by atoms with E-state index in [1.54, 1.807) is 0 Å². The summed E-state index contributed by atoms with van der Waals surface area (Å²) >= 11 is 0. The second-order valence-electron chi connectivity index (χ2n) is 4.06. The Morgan fingerprint density at radius 3 is 2.23 bits per heavy atom. The Morgan fingerprint density at radius 1 is 1.00 bits per heavy atom. The van der Waals surface area contributed by atoms with E-state index >= 15 is 0 Å². The Bertz CT molecular complexity index is 111. The van der Waals surface area contributed by atoms with Crippen LogP contribution in [-0.4, -0.2) is 10.5 Å². The van der Waals surface area contributed by atoms with Crippen LogP contribution >= 0.6 is 21.6 Å². The van der Waals surface area contributed by atoms with Crippen molar-refractivity contribution in [2.45, 2.75) is 64.5 Å². The Hall–Kier alpha value is 0.700. The van der Waals surface area contributed by atoms with Gasteiger partial charge in [-0.25, -0.2) is 0 Å². The number of unbranched alkanes of at least 4 members (excludes halogenated alkanes) is 3. The summed E-state index contributed by atoms with van der Waals surface area (Å²) in [5, 5.41) is 0. The standard InChI is InChI=1S/C11H24S2/c1-5-7-8-9-10-11(3,4)13-12-6-2/h5-10H2,1-4H3. The highest BCUT2D eigenvalue weighted by atomic mass is 33.1. The molecule has 0 saturated heterocycles. The monoisotopic (exact) mass is 220 g/mol. The molecule has 0 bridgehead atoms. The molecule has 0 aliphatic heterocycles. The molecule has 0 atom stereocenters. The van der Waals surface area contributed by atoms with E-state index in [-0.39, 0.29) is 0 Å². The van der Waals surface area contributed by atoms with E-state index in [0.717, 1.165) is 0 Å². The lowest BCUT2D eigenvalue weighted by Crippen LogP contribution is -2.12. The van der Waals surface area contributed by atoms with Gasteiger partial charge in [0.25, 0.3) is 0 Å². The maximum atomic E-state index is 2.37. The van der Waals surface area contributed by atoms with Gasteiger partial charge in [-0.05, 0) is 20.3 Å². The summed E-state index contributed by atoms with van der Waals surface area (Å²) in [5.74, 6) is 1.23. The molecule has 0 N–H and O–H groups in total. The van der Waals surface area contributed by atoms with Crippen molar-refractivity contribution in [2.24, 2.45) is 0 Å². The summed E-state index contributed by atoms with van der Waals surface area (Å²) in [4.78, 5) is 0. The zero-order chi connectivity index (χ0) is 10.2. The van der Waals surface area contributed by atoms with Crippen LogP contribution in [0.25, 0.3) is 0 Å². The van der Waals surface area contributed by atoms with Gasteiger partial charge >= 0.3 is 0 Å². The highest BCUT2D eigenvalue weighted by molar-refractivity contribution is 8.77. The predicted octanol–water partition coefficient (Wildman–Crippen LogP) is 5.14. The van der Waals surface area contributed by atoms with Gasteiger partial charge in [0.15, 0.2) is 0 Å². The third kappa shape index (κ3) is 9.01. The molecule has 0 amide bonds. The lowest BCUT2D eigenvalue weighted by Gasteiger charge is -2.22. The van der Waals surface area contributed by atoms with Crippen molar-refractivity contribution < 1.29 is 0 Å². The maximum absolute atomic E-state index is 2.37. The molecule has 80 valence electrons. The smallest absolute Gasteiger partial charge is 0.0207 e. The molecule has 2 heteroatoms. The van der Waals surface area contributed by atoms with Crippen molar-refractivity contribution >= 4 is 21.6 Å². The molecule has 0 rings (SSSR count). The van der Waals surface area contributed by atoms with Crippen LogP contribution in [0.2, 0.25) is 0 Å². The second kappa shape index (κ2) is 8.05. The first-order chi connectivity index (χ1) is 6.12. The number of hydrogen-bond acceptors (Lipinski definition) is 2. The highest BCUT2D eigenvalue weighted by Gasteiger charge is 2.17. The largest absolute Gasteiger partial charge is 0.0939 e. The molecule has 0 aromatic carbocycles. The predicted molar refractivity (Wildman–Crippen MR) is 68.6 cm³/mol. The van der Waals surface area contributed by atoms with Crippen LogP contribution in [0.5, 0.6) is 0 Å². The van der Waals surface area contributed by atoms with Crippen molar-refractivity contribution in [3.05, 3.63) is 0 Å². The van der Waals surface area contributed by atoms with Crippen LogP contribution in [0, 0.1) is 0 Å². The molecule has 0 nitrogen and oxygen atoms in total. The summed E-state index contributed by atoms with van der Waals surface area (Å²) < 4.78 is 0.481. The molecule has 0 saturated carbocycles. The van der Waals surface area contributed by atoms with Gasteiger partial charge in [-0.1, -0.05) is 61.1 Å². The second-order valence-corrected chi connectivity index (χ2v) is 7.35. The average Bonchev–Trinajstić information content (AvgIpc) is 2.09. The van der Waals surface area contributed by atoms with Crippen molar-refractivity contribution in [3.8, 4) is 0 Å². The zero-order valence-electron chi connectivity index (χ0n) is 9.56. The fourth-order valence-electron chi connectivity index (χ4n) is 1.24. The van der Waals surface area contributed by atoms with Crippen LogP contribution in [0.4, 0.5) is 0 Å². The highest BCUT2D eigenvalue weighted by Crippen LogP contribution is 2.38. The molecule has 13 heavy (non-hydrogen) atoms. The first-order valence-corrected chi connectivity index (χ1v) is 7.75. The van der Waals surface area contributed by atoms with Crippen molar-refractivity contribution in [2.75, 3.05) is 5.75 Å². The fourth-order valence-corrected chi connectivity index (χ4v) is 3.46. The van der Waals surface area contributed by atoms with Crippen molar-refractivity contribution in [1.29, 1.82) is 0 Å². The molecule has 0 fully saturated rings. The Labute approximate surface area is 92.0 Å². The van der Waals surface area contributed by atoms with Crippen LogP contribution in [-0.2, 0) is 0 Å². The van der Waals surface area contributed by atoms with Gasteiger partial charge in [0.05, 0.1) is 0 Å². The van der Waals surface area contributed by atoms with E-state index in [4.69, 9.17) is 0 Å². The SMILES string of the molecule is CCCCCCC(C)(C)SSCC. The Kier molecular flexibility index (Phi) is 8.48. The quantitative estimate of drug-likeness (QED) is 0.410. The van der Waals surface area contributed by atoms with Crippen molar-refractivity contribution in [3.63, 3.8) is 0 Å². The molecule has 0 aliphatic rings.